The second-order valence-corrected chi connectivity index (χ2v) is 7.02. The Morgan fingerprint density at radius 1 is 1.10 bits per heavy atom. The Balaban J connectivity index is 1.91. The molecule has 0 saturated heterocycles. The molecule has 2 aromatic rings. The fraction of sp³-hybridized carbons (Fsp3) is 0.333. The van der Waals surface area contributed by atoms with Crippen LogP contribution >= 0.6 is 23.4 Å². The molecule has 0 aliphatic carbocycles. The zero-order chi connectivity index (χ0) is 15.2. The number of nitrogens with one attached hydrogen (secondary N) is 1. The van der Waals surface area contributed by atoms with Gasteiger partial charge in [-0.25, -0.2) is 0 Å². The second kappa shape index (κ2) is 7.88. The minimum Gasteiger partial charge on any atom is -0.310 e. The van der Waals surface area contributed by atoms with Crippen molar-refractivity contribution in [3.63, 3.8) is 0 Å². The first kappa shape index (κ1) is 16.4. The lowest BCUT2D eigenvalue weighted by molar-refractivity contribution is 0.588. The number of hydrogen-bond acceptors (Lipinski definition) is 2. The van der Waals surface area contributed by atoms with Crippen LogP contribution in [-0.4, -0.2) is 6.04 Å². The molecule has 3 heteroatoms. The van der Waals surface area contributed by atoms with Crippen LogP contribution in [0.25, 0.3) is 0 Å². The van der Waals surface area contributed by atoms with Crippen molar-refractivity contribution in [2.45, 2.75) is 44.0 Å². The van der Waals surface area contributed by atoms with Gasteiger partial charge in [0.25, 0.3) is 0 Å². The zero-order valence-corrected chi connectivity index (χ0v) is 14.4. The van der Waals surface area contributed by atoms with Crippen molar-refractivity contribution in [1.29, 1.82) is 0 Å². The van der Waals surface area contributed by atoms with Gasteiger partial charge in [-0.2, -0.15) is 0 Å². The third-order valence-corrected chi connectivity index (χ3v) is 4.65. The van der Waals surface area contributed by atoms with Crippen LogP contribution in [0.2, 0.25) is 5.02 Å². The summed E-state index contributed by atoms with van der Waals surface area (Å²) in [4.78, 5) is 1.28. The smallest absolute Gasteiger partial charge is 0.0449 e. The van der Waals surface area contributed by atoms with Crippen molar-refractivity contribution >= 4 is 23.4 Å². The molecule has 0 aromatic heterocycles. The largest absolute Gasteiger partial charge is 0.310 e. The summed E-state index contributed by atoms with van der Waals surface area (Å²) >= 11 is 8.09. The third-order valence-electron chi connectivity index (χ3n) is 3.24. The van der Waals surface area contributed by atoms with E-state index >= 15 is 0 Å². The van der Waals surface area contributed by atoms with Crippen LogP contribution in [0, 0.1) is 6.92 Å². The second-order valence-electron chi connectivity index (χ2n) is 5.56. The van der Waals surface area contributed by atoms with Gasteiger partial charge in [-0.05, 0) is 41.8 Å². The van der Waals surface area contributed by atoms with Crippen LogP contribution in [0.5, 0.6) is 0 Å². The maximum Gasteiger partial charge on any atom is 0.0449 e. The molecule has 2 aromatic carbocycles. The lowest BCUT2D eigenvalue weighted by atomic mass is 10.2. The molecule has 0 radical (unpaired) electrons. The summed E-state index contributed by atoms with van der Waals surface area (Å²) in [5, 5.41) is 4.29. The van der Waals surface area contributed by atoms with Crippen molar-refractivity contribution in [2.24, 2.45) is 0 Å². The van der Waals surface area contributed by atoms with E-state index in [2.05, 4.69) is 62.5 Å². The number of aryl methyl sites for hydroxylation is 1. The molecule has 0 atom stereocenters. The summed E-state index contributed by atoms with van der Waals surface area (Å²) in [7, 11) is 0. The molecule has 0 aliphatic rings. The molecule has 0 unspecified atom stereocenters. The van der Waals surface area contributed by atoms with Gasteiger partial charge < -0.3 is 5.32 Å². The summed E-state index contributed by atoms with van der Waals surface area (Å²) < 4.78 is 0. The van der Waals surface area contributed by atoms with Gasteiger partial charge in [0.05, 0.1) is 0 Å². The highest BCUT2D eigenvalue weighted by molar-refractivity contribution is 7.98. The van der Waals surface area contributed by atoms with E-state index in [9.17, 15) is 0 Å². The molecule has 0 fully saturated rings. The van der Waals surface area contributed by atoms with Crippen LogP contribution in [0.1, 0.15) is 30.5 Å². The average molecular weight is 320 g/mol. The minimum atomic E-state index is 0.516. The molecular weight excluding hydrogens is 298 g/mol. The van der Waals surface area contributed by atoms with Crippen molar-refractivity contribution in [1.82, 2.24) is 5.32 Å². The fourth-order valence-electron chi connectivity index (χ4n) is 1.96. The minimum absolute atomic E-state index is 0.516. The van der Waals surface area contributed by atoms with Gasteiger partial charge in [-0.15, -0.1) is 11.8 Å². The van der Waals surface area contributed by atoms with E-state index in [-0.39, 0.29) is 0 Å². The van der Waals surface area contributed by atoms with E-state index in [1.165, 1.54) is 21.6 Å². The molecule has 0 bridgehead atoms. The monoisotopic (exact) mass is 319 g/mol. The van der Waals surface area contributed by atoms with Crippen LogP contribution in [0.15, 0.2) is 47.4 Å². The van der Waals surface area contributed by atoms with Gasteiger partial charge in [0.2, 0.25) is 0 Å². The Hall–Kier alpha value is -0.960. The first-order valence-corrected chi connectivity index (χ1v) is 8.61. The standard InChI is InChI=1S/C18H22ClNS/c1-13(2)20-11-15-5-8-17(9-6-15)21-12-16-7-4-14(3)10-18(16)19/h4-10,13,20H,11-12H2,1-3H3. The van der Waals surface area contributed by atoms with Gasteiger partial charge in [-0.1, -0.05) is 49.7 Å². The van der Waals surface area contributed by atoms with Crippen LogP contribution in [0.4, 0.5) is 0 Å². The first-order valence-electron chi connectivity index (χ1n) is 7.25. The Kier molecular flexibility index (Phi) is 6.16. The summed E-state index contributed by atoms with van der Waals surface area (Å²) in [5.74, 6) is 0.905. The highest BCUT2D eigenvalue weighted by Gasteiger charge is 2.02. The van der Waals surface area contributed by atoms with E-state index in [1.54, 1.807) is 0 Å². The quantitative estimate of drug-likeness (QED) is 0.712. The van der Waals surface area contributed by atoms with Gasteiger partial charge in [0, 0.05) is 28.3 Å². The van der Waals surface area contributed by atoms with Crippen molar-refractivity contribution in [3.05, 3.63) is 64.2 Å². The normalized spacial score (nSPS) is 11.1. The maximum atomic E-state index is 6.27. The molecule has 0 amide bonds. The van der Waals surface area contributed by atoms with Gasteiger partial charge in [0.15, 0.2) is 0 Å². The van der Waals surface area contributed by atoms with Crippen LogP contribution in [0.3, 0.4) is 0 Å². The molecule has 1 nitrogen and oxygen atoms in total. The zero-order valence-electron chi connectivity index (χ0n) is 12.8. The number of hydrogen-bond donors (Lipinski definition) is 1. The average Bonchev–Trinajstić information content (AvgIpc) is 2.45. The molecule has 1 N–H and O–H groups in total. The summed E-state index contributed by atoms with van der Waals surface area (Å²) in [6.07, 6.45) is 0. The Morgan fingerprint density at radius 2 is 1.81 bits per heavy atom. The number of thioether (sulfide) groups is 1. The predicted molar refractivity (Wildman–Crippen MR) is 94.2 cm³/mol. The highest BCUT2D eigenvalue weighted by Crippen LogP contribution is 2.27. The van der Waals surface area contributed by atoms with E-state index in [0.29, 0.717) is 6.04 Å². The number of rotatable bonds is 6. The van der Waals surface area contributed by atoms with E-state index in [0.717, 1.165) is 17.3 Å². The van der Waals surface area contributed by atoms with Crippen molar-refractivity contribution in [2.75, 3.05) is 0 Å². The van der Waals surface area contributed by atoms with Crippen molar-refractivity contribution in [3.8, 4) is 0 Å². The molecule has 0 spiro atoms. The van der Waals surface area contributed by atoms with Gasteiger partial charge in [0.1, 0.15) is 0 Å². The molecule has 112 valence electrons. The van der Waals surface area contributed by atoms with E-state index < -0.39 is 0 Å². The summed E-state index contributed by atoms with van der Waals surface area (Å²) in [5.41, 5.74) is 3.72. The molecule has 0 saturated carbocycles. The molecule has 0 aliphatic heterocycles. The van der Waals surface area contributed by atoms with Crippen LogP contribution < -0.4 is 5.32 Å². The molecule has 0 heterocycles. The molecular formula is C18H22ClNS. The maximum absolute atomic E-state index is 6.27. The fourth-order valence-corrected chi connectivity index (χ4v) is 3.24. The van der Waals surface area contributed by atoms with E-state index in [4.69, 9.17) is 11.6 Å². The lowest BCUT2D eigenvalue weighted by Gasteiger charge is -2.09. The Morgan fingerprint density at radius 3 is 2.43 bits per heavy atom. The van der Waals surface area contributed by atoms with Gasteiger partial charge >= 0.3 is 0 Å². The topological polar surface area (TPSA) is 12.0 Å². The SMILES string of the molecule is Cc1ccc(CSc2ccc(CNC(C)C)cc2)c(Cl)c1. The van der Waals surface area contributed by atoms with Crippen LogP contribution in [-0.2, 0) is 12.3 Å². The molecule has 2 rings (SSSR count). The first-order chi connectivity index (χ1) is 10.0. The summed E-state index contributed by atoms with van der Waals surface area (Å²) in [6, 6.07) is 15.5. The number of benzene rings is 2. The third kappa shape index (κ3) is 5.39. The Bertz CT molecular complexity index is 578. The highest BCUT2D eigenvalue weighted by atomic mass is 35.5. The lowest BCUT2D eigenvalue weighted by Crippen LogP contribution is -2.21. The predicted octanol–water partition coefficient (Wildman–Crippen LogP) is 5.44. The van der Waals surface area contributed by atoms with Gasteiger partial charge in [-0.3, -0.25) is 0 Å². The molecule has 21 heavy (non-hydrogen) atoms. The summed E-state index contributed by atoms with van der Waals surface area (Å²) in [6.45, 7) is 7.31. The van der Waals surface area contributed by atoms with Crippen molar-refractivity contribution < 1.29 is 0 Å². The number of halogens is 1. The van der Waals surface area contributed by atoms with E-state index in [1.807, 2.05) is 17.8 Å². The Labute approximate surface area is 137 Å².